The van der Waals surface area contributed by atoms with Crippen molar-refractivity contribution in [1.29, 1.82) is 0 Å². The molecule has 2 aliphatic rings. The fraction of sp³-hybridized carbons (Fsp3) is 0.909. The lowest BCUT2D eigenvalue weighted by atomic mass is 9.93. The van der Waals surface area contributed by atoms with Crippen LogP contribution < -0.4 is 0 Å². The van der Waals surface area contributed by atoms with Crippen LogP contribution in [0.2, 0.25) is 0 Å². The van der Waals surface area contributed by atoms with Crippen molar-refractivity contribution in [2.75, 3.05) is 32.4 Å². The summed E-state index contributed by atoms with van der Waals surface area (Å²) in [5.74, 6) is 0.354. The number of Topliss-reactive ketones (excluding diaryl/α,β-unsaturated/α-hetero) is 1. The summed E-state index contributed by atoms with van der Waals surface area (Å²) in [6, 6.07) is 0.345. The van der Waals surface area contributed by atoms with Gasteiger partial charge in [0.15, 0.2) is 0 Å². The Morgan fingerprint density at radius 1 is 1.18 bits per heavy atom. The van der Waals surface area contributed by atoms with Gasteiger partial charge in [0.2, 0.25) is 10.0 Å². The van der Waals surface area contributed by atoms with E-state index < -0.39 is 10.0 Å². The molecule has 1 heterocycles. The molecule has 17 heavy (non-hydrogen) atoms. The molecule has 5 nitrogen and oxygen atoms in total. The van der Waals surface area contributed by atoms with E-state index in [2.05, 4.69) is 4.90 Å². The van der Waals surface area contributed by atoms with Gasteiger partial charge < -0.3 is 0 Å². The van der Waals surface area contributed by atoms with Crippen molar-refractivity contribution >= 4 is 15.8 Å². The number of carbonyl (C=O) groups excluding carboxylic acids is 1. The minimum absolute atomic E-state index is 0.345. The molecule has 0 radical (unpaired) electrons. The zero-order chi connectivity index (χ0) is 12.5. The van der Waals surface area contributed by atoms with Crippen molar-refractivity contribution in [2.24, 2.45) is 0 Å². The van der Waals surface area contributed by atoms with Gasteiger partial charge in [0.05, 0.1) is 6.26 Å². The van der Waals surface area contributed by atoms with Crippen LogP contribution in [-0.4, -0.2) is 61.9 Å². The highest BCUT2D eigenvalue weighted by atomic mass is 32.2. The fourth-order valence-electron chi connectivity index (χ4n) is 2.71. The van der Waals surface area contributed by atoms with Gasteiger partial charge in [-0.2, -0.15) is 4.31 Å². The lowest BCUT2D eigenvalue weighted by molar-refractivity contribution is -0.122. The van der Waals surface area contributed by atoms with Gasteiger partial charge in [-0.3, -0.25) is 9.69 Å². The summed E-state index contributed by atoms with van der Waals surface area (Å²) in [6.07, 6.45) is 4.69. The quantitative estimate of drug-likeness (QED) is 0.705. The van der Waals surface area contributed by atoms with E-state index in [-0.39, 0.29) is 0 Å². The SMILES string of the molecule is CS(=O)(=O)N1CCN(C2CCCC(=O)C2)CC1. The minimum atomic E-state index is -3.05. The molecule has 98 valence electrons. The second-order valence-corrected chi connectivity index (χ2v) is 6.97. The van der Waals surface area contributed by atoms with Crippen LogP contribution in [0.1, 0.15) is 25.7 Å². The van der Waals surface area contributed by atoms with Gasteiger partial charge in [-0.25, -0.2) is 8.42 Å². The van der Waals surface area contributed by atoms with E-state index in [1.54, 1.807) is 0 Å². The number of hydrogen-bond acceptors (Lipinski definition) is 4. The normalized spacial score (nSPS) is 29.5. The molecular weight excluding hydrogens is 240 g/mol. The Labute approximate surface area is 103 Å². The number of rotatable bonds is 2. The molecule has 1 saturated heterocycles. The molecule has 1 aliphatic carbocycles. The molecule has 1 aliphatic heterocycles. The average molecular weight is 260 g/mol. The molecule has 0 aromatic carbocycles. The number of nitrogens with zero attached hydrogens (tertiary/aromatic N) is 2. The topological polar surface area (TPSA) is 57.7 Å². The lowest BCUT2D eigenvalue weighted by Crippen LogP contribution is -2.52. The van der Waals surface area contributed by atoms with Gasteiger partial charge in [0.25, 0.3) is 0 Å². The van der Waals surface area contributed by atoms with Crippen LogP contribution >= 0.6 is 0 Å². The highest BCUT2D eigenvalue weighted by Crippen LogP contribution is 2.21. The second-order valence-electron chi connectivity index (χ2n) is 4.99. The van der Waals surface area contributed by atoms with Crippen molar-refractivity contribution in [1.82, 2.24) is 9.21 Å². The summed E-state index contributed by atoms with van der Waals surface area (Å²) < 4.78 is 24.3. The molecular formula is C11H20N2O3S. The Hall–Kier alpha value is -0.460. The van der Waals surface area contributed by atoms with Crippen LogP contribution in [0.4, 0.5) is 0 Å². The molecule has 0 spiro atoms. The summed E-state index contributed by atoms with van der Waals surface area (Å²) in [5.41, 5.74) is 0. The highest BCUT2D eigenvalue weighted by molar-refractivity contribution is 7.88. The molecule has 0 aromatic rings. The molecule has 0 amide bonds. The van der Waals surface area contributed by atoms with Gasteiger partial charge in [-0.05, 0) is 12.8 Å². The number of ketones is 1. The molecule has 2 rings (SSSR count). The monoisotopic (exact) mass is 260 g/mol. The van der Waals surface area contributed by atoms with E-state index in [4.69, 9.17) is 0 Å². The van der Waals surface area contributed by atoms with E-state index in [0.29, 0.717) is 31.3 Å². The molecule has 1 atom stereocenters. The van der Waals surface area contributed by atoms with Crippen LogP contribution in [0.3, 0.4) is 0 Å². The molecule has 0 N–H and O–H groups in total. The van der Waals surface area contributed by atoms with Crippen LogP contribution in [-0.2, 0) is 14.8 Å². The van der Waals surface area contributed by atoms with Crippen molar-refractivity contribution in [3.8, 4) is 0 Å². The molecule has 0 bridgehead atoms. The maximum absolute atomic E-state index is 11.4. The maximum Gasteiger partial charge on any atom is 0.211 e. The second kappa shape index (κ2) is 5.04. The van der Waals surface area contributed by atoms with E-state index in [0.717, 1.165) is 32.4 Å². The Balaban J connectivity index is 1.88. The van der Waals surface area contributed by atoms with Crippen molar-refractivity contribution in [3.63, 3.8) is 0 Å². The molecule has 0 aromatic heterocycles. The average Bonchev–Trinajstić information content (AvgIpc) is 2.28. The third-order valence-electron chi connectivity index (χ3n) is 3.71. The number of hydrogen-bond donors (Lipinski definition) is 0. The van der Waals surface area contributed by atoms with Gasteiger partial charge in [0, 0.05) is 45.1 Å². The van der Waals surface area contributed by atoms with Gasteiger partial charge in [0.1, 0.15) is 5.78 Å². The van der Waals surface area contributed by atoms with E-state index in [9.17, 15) is 13.2 Å². The van der Waals surface area contributed by atoms with Crippen LogP contribution in [0.5, 0.6) is 0 Å². The zero-order valence-electron chi connectivity index (χ0n) is 10.3. The predicted molar refractivity (Wildman–Crippen MR) is 65.3 cm³/mol. The highest BCUT2D eigenvalue weighted by Gasteiger charge is 2.30. The number of carbonyl (C=O) groups is 1. The largest absolute Gasteiger partial charge is 0.300 e. The van der Waals surface area contributed by atoms with Crippen LogP contribution in [0, 0.1) is 0 Å². The van der Waals surface area contributed by atoms with Crippen molar-refractivity contribution in [3.05, 3.63) is 0 Å². The maximum atomic E-state index is 11.4. The minimum Gasteiger partial charge on any atom is -0.300 e. The number of sulfonamides is 1. The fourth-order valence-corrected chi connectivity index (χ4v) is 3.54. The Bertz CT molecular complexity index is 386. The summed E-state index contributed by atoms with van der Waals surface area (Å²) >= 11 is 0. The van der Waals surface area contributed by atoms with Crippen LogP contribution in [0.25, 0.3) is 0 Å². The van der Waals surface area contributed by atoms with Gasteiger partial charge in [-0.15, -0.1) is 0 Å². The first-order chi connectivity index (χ1) is 7.97. The smallest absolute Gasteiger partial charge is 0.211 e. The first-order valence-corrected chi connectivity index (χ1v) is 8.02. The molecule has 1 saturated carbocycles. The summed E-state index contributed by atoms with van der Waals surface area (Å²) in [7, 11) is -3.05. The van der Waals surface area contributed by atoms with Gasteiger partial charge >= 0.3 is 0 Å². The Morgan fingerprint density at radius 3 is 2.35 bits per heavy atom. The van der Waals surface area contributed by atoms with Gasteiger partial charge in [-0.1, -0.05) is 0 Å². The summed E-state index contributed by atoms with van der Waals surface area (Å²) in [5, 5.41) is 0. The third-order valence-corrected chi connectivity index (χ3v) is 5.02. The number of piperazine rings is 1. The standard InChI is InChI=1S/C11H20N2O3S/c1-17(15,16)13-7-5-12(6-8-13)10-3-2-4-11(14)9-10/h10H,2-9H2,1H3. The molecule has 2 fully saturated rings. The van der Waals surface area contributed by atoms with Crippen molar-refractivity contribution < 1.29 is 13.2 Å². The summed E-state index contributed by atoms with van der Waals surface area (Å²) in [4.78, 5) is 13.7. The van der Waals surface area contributed by atoms with E-state index >= 15 is 0 Å². The van der Waals surface area contributed by atoms with E-state index in [1.807, 2.05) is 0 Å². The van der Waals surface area contributed by atoms with Crippen LogP contribution in [0.15, 0.2) is 0 Å². The zero-order valence-corrected chi connectivity index (χ0v) is 11.1. The lowest BCUT2D eigenvalue weighted by Gasteiger charge is -2.39. The Kier molecular flexibility index (Phi) is 3.85. The predicted octanol–water partition coefficient (Wildman–Crippen LogP) is 0.0753. The first-order valence-electron chi connectivity index (χ1n) is 6.17. The molecule has 6 heteroatoms. The Morgan fingerprint density at radius 2 is 1.82 bits per heavy atom. The van der Waals surface area contributed by atoms with E-state index in [1.165, 1.54) is 10.6 Å². The summed E-state index contributed by atoms with van der Waals surface area (Å²) in [6.45, 7) is 2.63. The molecule has 1 unspecified atom stereocenters. The van der Waals surface area contributed by atoms with Crippen molar-refractivity contribution in [2.45, 2.75) is 31.7 Å². The first kappa shape index (κ1) is 13.0. The third kappa shape index (κ3) is 3.26.